The number of carbonyl (C=O) groups excluding carboxylic acids is 2. The highest BCUT2D eigenvalue weighted by atomic mass is 16.2. The molecule has 24 heavy (non-hydrogen) atoms. The highest BCUT2D eigenvalue weighted by molar-refractivity contribution is 5.96. The number of benzene rings is 1. The summed E-state index contributed by atoms with van der Waals surface area (Å²) in [7, 11) is 0. The molecule has 3 rings (SSSR count). The third-order valence-electron chi connectivity index (χ3n) is 4.18. The Morgan fingerprint density at radius 2 is 1.92 bits per heavy atom. The van der Waals surface area contributed by atoms with Crippen molar-refractivity contribution in [3.8, 4) is 0 Å². The number of aromatic amines is 1. The molecule has 2 N–H and O–H groups in total. The molecule has 1 atom stereocenters. The van der Waals surface area contributed by atoms with Gasteiger partial charge in [-0.05, 0) is 37.1 Å². The number of nitrogens with one attached hydrogen (secondary N) is 2. The van der Waals surface area contributed by atoms with Crippen LogP contribution in [0.5, 0.6) is 0 Å². The molecule has 2 aromatic rings. The van der Waals surface area contributed by atoms with E-state index >= 15 is 0 Å². The minimum Gasteiger partial charge on any atom is -0.338 e. The summed E-state index contributed by atoms with van der Waals surface area (Å²) < 4.78 is 0. The Kier molecular flexibility index (Phi) is 4.74. The first kappa shape index (κ1) is 16.0. The maximum atomic E-state index is 12.5. The first-order valence-electron chi connectivity index (χ1n) is 7.98. The number of rotatable bonds is 3. The molecule has 0 saturated carbocycles. The summed E-state index contributed by atoms with van der Waals surface area (Å²) in [4.78, 5) is 40.8. The Bertz CT molecular complexity index is 785. The molecule has 2 amide bonds. The first-order chi connectivity index (χ1) is 11.6. The van der Waals surface area contributed by atoms with Crippen molar-refractivity contribution in [3.63, 3.8) is 0 Å². The van der Waals surface area contributed by atoms with Gasteiger partial charge in [-0.15, -0.1) is 0 Å². The quantitative estimate of drug-likeness (QED) is 0.904. The van der Waals surface area contributed by atoms with Crippen LogP contribution in [0.4, 0.5) is 5.69 Å². The van der Waals surface area contributed by atoms with Crippen LogP contribution < -0.4 is 10.9 Å². The standard InChI is InChI=1S/C18H19N3O3/c22-16(20-15-9-4-10-19-17(15)23)14-8-5-11-21(12-14)18(24)13-6-2-1-3-7-13/h1-4,6-7,9-10,14H,5,8,11-12H2,(H,19,23)(H,20,22)/t14-/m1/s1. The number of hydrogen-bond acceptors (Lipinski definition) is 3. The average Bonchev–Trinajstić information content (AvgIpc) is 2.64. The van der Waals surface area contributed by atoms with Crippen molar-refractivity contribution in [3.05, 3.63) is 64.6 Å². The van der Waals surface area contributed by atoms with Crippen molar-refractivity contribution in [2.24, 2.45) is 5.92 Å². The van der Waals surface area contributed by atoms with E-state index in [1.807, 2.05) is 18.2 Å². The summed E-state index contributed by atoms with van der Waals surface area (Å²) in [6.07, 6.45) is 2.98. The molecule has 124 valence electrons. The van der Waals surface area contributed by atoms with Crippen LogP contribution in [0, 0.1) is 5.92 Å². The van der Waals surface area contributed by atoms with Crippen LogP contribution in [0.3, 0.4) is 0 Å². The van der Waals surface area contributed by atoms with E-state index in [9.17, 15) is 14.4 Å². The van der Waals surface area contributed by atoms with Gasteiger partial charge in [-0.1, -0.05) is 18.2 Å². The van der Waals surface area contributed by atoms with Gasteiger partial charge in [0.1, 0.15) is 5.69 Å². The van der Waals surface area contributed by atoms with E-state index in [1.54, 1.807) is 29.2 Å². The molecule has 1 fully saturated rings. The number of aromatic nitrogens is 1. The number of anilines is 1. The summed E-state index contributed by atoms with van der Waals surface area (Å²) in [5, 5.41) is 2.66. The lowest BCUT2D eigenvalue weighted by Gasteiger charge is -2.32. The number of piperidine rings is 1. The van der Waals surface area contributed by atoms with Crippen molar-refractivity contribution in [1.82, 2.24) is 9.88 Å². The van der Waals surface area contributed by atoms with Gasteiger partial charge in [-0.25, -0.2) is 0 Å². The molecular formula is C18H19N3O3. The maximum Gasteiger partial charge on any atom is 0.271 e. The van der Waals surface area contributed by atoms with Gasteiger partial charge >= 0.3 is 0 Å². The van der Waals surface area contributed by atoms with Gasteiger partial charge in [0.25, 0.3) is 11.5 Å². The number of nitrogens with zero attached hydrogens (tertiary/aromatic N) is 1. The average molecular weight is 325 g/mol. The SMILES string of the molecule is O=C(Nc1ccc[nH]c1=O)[C@@H]1CCCN(C(=O)c2ccccc2)C1. The molecule has 6 nitrogen and oxygen atoms in total. The lowest BCUT2D eigenvalue weighted by atomic mass is 9.96. The molecule has 0 radical (unpaired) electrons. The van der Waals surface area contributed by atoms with Crippen LogP contribution in [-0.2, 0) is 4.79 Å². The highest BCUT2D eigenvalue weighted by Gasteiger charge is 2.29. The number of hydrogen-bond donors (Lipinski definition) is 2. The molecule has 1 saturated heterocycles. The minimum atomic E-state index is -0.334. The van der Waals surface area contributed by atoms with Crippen LogP contribution in [0.1, 0.15) is 23.2 Å². The van der Waals surface area contributed by atoms with Crippen molar-refractivity contribution in [1.29, 1.82) is 0 Å². The van der Waals surface area contributed by atoms with E-state index in [-0.39, 0.29) is 29.0 Å². The lowest BCUT2D eigenvalue weighted by molar-refractivity contribution is -0.121. The molecule has 1 aromatic heterocycles. The largest absolute Gasteiger partial charge is 0.338 e. The predicted molar refractivity (Wildman–Crippen MR) is 90.8 cm³/mol. The van der Waals surface area contributed by atoms with E-state index in [4.69, 9.17) is 0 Å². The maximum absolute atomic E-state index is 12.5. The summed E-state index contributed by atoms with van der Waals surface area (Å²) in [6, 6.07) is 12.3. The van der Waals surface area contributed by atoms with E-state index in [0.717, 1.165) is 6.42 Å². The van der Waals surface area contributed by atoms with Crippen molar-refractivity contribution >= 4 is 17.5 Å². The molecule has 6 heteroatoms. The van der Waals surface area contributed by atoms with Crippen molar-refractivity contribution in [2.75, 3.05) is 18.4 Å². The fourth-order valence-corrected chi connectivity index (χ4v) is 2.89. The molecule has 0 aliphatic carbocycles. The fourth-order valence-electron chi connectivity index (χ4n) is 2.89. The van der Waals surface area contributed by atoms with Gasteiger partial charge < -0.3 is 15.2 Å². The van der Waals surface area contributed by atoms with Gasteiger partial charge in [-0.3, -0.25) is 14.4 Å². The third kappa shape index (κ3) is 3.53. The number of amides is 2. The van der Waals surface area contributed by atoms with Gasteiger partial charge in [0.15, 0.2) is 0 Å². The number of pyridine rings is 1. The monoisotopic (exact) mass is 325 g/mol. The number of carbonyl (C=O) groups is 2. The van der Waals surface area contributed by atoms with E-state index in [0.29, 0.717) is 25.1 Å². The molecule has 1 aromatic carbocycles. The van der Waals surface area contributed by atoms with Crippen molar-refractivity contribution in [2.45, 2.75) is 12.8 Å². The summed E-state index contributed by atoms with van der Waals surface area (Å²) in [6.45, 7) is 1.01. The van der Waals surface area contributed by atoms with Crippen LogP contribution >= 0.6 is 0 Å². The Balaban J connectivity index is 1.67. The third-order valence-corrected chi connectivity index (χ3v) is 4.18. The Morgan fingerprint density at radius 3 is 2.67 bits per heavy atom. The molecule has 0 bridgehead atoms. The number of likely N-dealkylation sites (tertiary alicyclic amines) is 1. The Labute approximate surface area is 139 Å². The molecular weight excluding hydrogens is 306 g/mol. The normalized spacial score (nSPS) is 17.3. The molecule has 1 aliphatic heterocycles. The van der Waals surface area contributed by atoms with Gasteiger partial charge in [0.2, 0.25) is 5.91 Å². The van der Waals surface area contributed by atoms with Gasteiger partial charge in [-0.2, -0.15) is 0 Å². The van der Waals surface area contributed by atoms with E-state index in [2.05, 4.69) is 10.3 Å². The van der Waals surface area contributed by atoms with Gasteiger partial charge in [0.05, 0.1) is 5.92 Å². The predicted octanol–water partition coefficient (Wildman–Crippen LogP) is 1.87. The fraction of sp³-hybridized carbons (Fsp3) is 0.278. The number of H-pyrrole nitrogens is 1. The summed E-state index contributed by atoms with van der Waals surface area (Å²) in [5.74, 6) is -0.603. The van der Waals surface area contributed by atoms with Crippen LogP contribution in [0.25, 0.3) is 0 Å². The van der Waals surface area contributed by atoms with Crippen LogP contribution in [-0.4, -0.2) is 34.8 Å². The summed E-state index contributed by atoms with van der Waals surface area (Å²) in [5.41, 5.74) is 0.519. The van der Waals surface area contributed by atoms with Crippen LogP contribution in [0.15, 0.2) is 53.5 Å². The van der Waals surface area contributed by atoms with E-state index < -0.39 is 0 Å². The Morgan fingerprint density at radius 1 is 1.12 bits per heavy atom. The van der Waals surface area contributed by atoms with E-state index in [1.165, 1.54) is 6.20 Å². The zero-order chi connectivity index (χ0) is 16.9. The second-order valence-electron chi connectivity index (χ2n) is 5.86. The zero-order valence-corrected chi connectivity index (χ0v) is 13.2. The molecule has 0 spiro atoms. The van der Waals surface area contributed by atoms with Crippen LogP contribution in [0.2, 0.25) is 0 Å². The zero-order valence-electron chi connectivity index (χ0n) is 13.2. The van der Waals surface area contributed by atoms with Crippen molar-refractivity contribution < 1.29 is 9.59 Å². The minimum absolute atomic E-state index is 0.0642. The molecule has 1 aliphatic rings. The topological polar surface area (TPSA) is 82.3 Å². The smallest absolute Gasteiger partial charge is 0.271 e. The lowest BCUT2D eigenvalue weighted by Crippen LogP contribution is -2.44. The molecule has 2 heterocycles. The summed E-state index contributed by atoms with van der Waals surface area (Å²) >= 11 is 0. The molecule has 0 unspecified atom stereocenters. The first-order valence-corrected chi connectivity index (χ1v) is 7.98. The van der Waals surface area contributed by atoms with Gasteiger partial charge in [0, 0.05) is 24.8 Å². The highest BCUT2D eigenvalue weighted by Crippen LogP contribution is 2.20. The second-order valence-corrected chi connectivity index (χ2v) is 5.86. The second kappa shape index (κ2) is 7.12. The Hall–Kier alpha value is -2.89.